The second-order valence-corrected chi connectivity index (χ2v) is 6.46. The third-order valence-electron chi connectivity index (χ3n) is 3.78. The van der Waals surface area contributed by atoms with Gasteiger partial charge < -0.3 is 0 Å². The second-order valence-electron chi connectivity index (χ2n) is 5.41. The first-order valence-corrected chi connectivity index (χ1v) is 8.20. The first-order chi connectivity index (χ1) is 10.2. The van der Waals surface area contributed by atoms with Gasteiger partial charge in [0.15, 0.2) is 0 Å². The minimum atomic E-state index is -0.246. The molecule has 1 aliphatic carbocycles. The van der Waals surface area contributed by atoms with Crippen LogP contribution in [0.25, 0.3) is 0 Å². The van der Waals surface area contributed by atoms with E-state index in [1.165, 1.54) is 47.9 Å². The lowest BCUT2D eigenvalue weighted by Crippen LogP contribution is -2.06. The number of rotatable bonds is 5. The number of ketones is 1. The van der Waals surface area contributed by atoms with Crippen molar-refractivity contribution in [1.82, 2.24) is 0 Å². The van der Waals surface area contributed by atoms with E-state index in [1.54, 1.807) is 12.1 Å². The van der Waals surface area contributed by atoms with Crippen LogP contribution in [-0.4, -0.2) is 11.5 Å². The lowest BCUT2D eigenvalue weighted by Gasteiger charge is -2.05. The maximum Gasteiger partial charge on any atom is 0.147 e. The van der Waals surface area contributed by atoms with Gasteiger partial charge in [-0.15, -0.1) is 11.8 Å². The molecule has 0 aromatic heterocycles. The first-order valence-electron chi connectivity index (χ1n) is 7.21. The topological polar surface area (TPSA) is 17.1 Å². The standard InChI is InChI=1S/C18H17FOS/c19-16-6-8-18(9-7-16)21-12-17(20)11-13-4-5-14-2-1-3-15(14)10-13/h4-10H,1-3,11-12H2. The number of fused-ring (bicyclic) bond motifs is 1. The normalized spacial score (nSPS) is 13.2. The Morgan fingerprint density at radius 1 is 1.05 bits per heavy atom. The van der Waals surface area contributed by atoms with Crippen molar-refractivity contribution in [3.63, 3.8) is 0 Å². The number of halogens is 1. The molecule has 3 rings (SSSR count). The fourth-order valence-electron chi connectivity index (χ4n) is 2.71. The Hall–Kier alpha value is -1.61. The second kappa shape index (κ2) is 6.44. The van der Waals surface area contributed by atoms with Crippen molar-refractivity contribution in [1.29, 1.82) is 0 Å². The van der Waals surface area contributed by atoms with Gasteiger partial charge in [0.05, 0.1) is 5.75 Å². The zero-order chi connectivity index (χ0) is 14.7. The minimum Gasteiger partial charge on any atom is -0.298 e. The van der Waals surface area contributed by atoms with Crippen molar-refractivity contribution in [2.24, 2.45) is 0 Å². The summed E-state index contributed by atoms with van der Waals surface area (Å²) < 4.78 is 12.8. The number of hydrogen-bond acceptors (Lipinski definition) is 2. The summed E-state index contributed by atoms with van der Waals surface area (Å²) in [6.07, 6.45) is 4.03. The van der Waals surface area contributed by atoms with Crippen LogP contribution < -0.4 is 0 Å². The number of thioether (sulfide) groups is 1. The Morgan fingerprint density at radius 2 is 1.81 bits per heavy atom. The molecule has 0 spiro atoms. The Balaban J connectivity index is 1.55. The highest BCUT2D eigenvalue weighted by Crippen LogP contribution is 2.24. The zero-order valence-corrected chi connectivity index (χ0v) is 12.6. The number of hydrogen-bond donors (Lipinski definition) is 0. The molecule has 0 unspecified atom stereocenters. The van der Waals surface area contributed by atoms with Gasteiger partial charge in [0, 0.05) is 11.3 Å². The smallest absolute Gasteiger partial charge is 0.147 e. The van der Waals surface area contributed by atoms with E-state index in [0.717, 1.165) is 16.9 Å². The average Bonchev–Trinajstić information content (AvgIpc) is 2.94. The van der Waals surface area contributed by atoms with Crippen molar-refractivity contribution in [2.75, 3.05) is 5.75 Å². The predicted molar refractivity (Wildman–Crippen MR) is 84.3 cm³/mol. The molecule has 0 radical (unpaired) electrons. The van der Waals surface area contributed by atoms with Crippen LogP contribution in [0.2, 0.25) is 0 Å². The number of aryl methyl sites for hydroxylation is 2. The lowest BCUT2D eigenvalue weighted by molar-refractivity contribution is -0.116. The average molecular weight is 300 g/mol. The molecule has 0 atom stereocenters. The molecular weight excluding hydrogens is 283 g/mol. The molecule has 0 fully saturated rings. The van der Waals surface area contributed by atoms with Gasteiger partial charge in [0.2, 0.25) is 0 Å². The fourth-order valence-corrected chi connectivity index (χ4v) is 3.47. The van der Waals surface area contributed by atoms with E-state index in [0.29, 0.717) is 12.2 Å². The highest BCUT2D eigenvalue weighted by molar-refractivity contribution is 8.00. The van der Waals surface area contributed by atoms with Crippen LogP contribution in [0.15, 0.2) is 47.4 Å². The van der Waals surface area contributed by atoms with Gasteiger partial charge in [0.1, 0.15) is 11.6 Å². The summed E-state index contributed by atoms with van der Waals surface area (Å²) in [7, 11) is 0. The van der Waals surface area contributed by atoms with E-state index >= 15 is 0 Å². The van der Waals surface area contributed by atoms with Gasteiger partial charge in [-0.3, -0.25) is 4.79 Å². The Kier molecular flexibility index (Phi) is 4.39. The van der Waals surface area contributed by atoms with E-state index < -0.39 is 0 Å². The fraction of sp³-hybridized carbons (Fsp3) is 0.278. The van der Waals surface area contributed by atoms with E-state index in [2.05, 4.69) is 18.2 Å². The molecule has 0 saturated heterocycles. The molecule has 1 nitrogen and oxygen atoms in total. The molecular formula is C18H17FOS. The summed E-state index contributed by atoms with van der Waals surface area (Å²) in [5.74, 6) is 0.397. The van der Waals surface area contributed by atoms with Gasteiger partial charge in [-0.1, -0.05) is 18.2 Å². The van der Waals surface area contributed by atoms with E-state index in [-0.39, 0.29) is 11.6 Å². The van der Waals surface area contributed by atoms with Crippen molar-refractivity contribution in [3.05, 3.63) is 65.0 Å². The van der Waals surface area contributed by atoms with Crippen LogP contribution >= 0.6 is 11.8 Å². The largest absolute Gasteiger partial charge is 0.298 e. The van der Waals surface area contributed by atoms with E-state index in [4.69, 9.17) is 0 Å². The van der Waals surface area contributed by atoms with Gasteiger partial charge in [-0.2, -0.15) is 0 Å². The summed E-state index contributed by atoms with van der Waals surface area (Å²) in [5.41, 5.74) is 3.96. The molecule has 0 bridgehead atoms. The number of carbonyl (C=O) groups is 1. The molecule has 108 valence electrons. The van der Waals surface area contributed by atoms with Crippen molar-refractivity contribution < 1.29 is 9.18 Å². The maximum absolute atomic E-state index is 12.8. The maximum atomic E-state index is 12.8. The molecule has 3 heteroatoms. The summed E-state index contributed by atoms with van der Waals surface area (Å²) in [4.78, 5) is 13.0. The van der Waals surface area contributed by atoms with Crippen LogP contribution in [0.3, 0.4) is 0 Å². The van der Waals surface area contributed by atoms with Crippen LogP contribution in [0, 0.1) is 5.82 Å². The Bertz CT molecular complexity index is 649. The molecule has 0 N–H and O–H groups in total. The monoisotopic (exact) mass is 300 g/mol. The molecule has 2 aromatic carbocycles. The molecule has 21 heavy (non-hydrogen) atoms. The third kappa shape index (κ3) is 3.73. The highest BCUT2D eigenvalue weighted by atomic mass is 32.2. The number of carbonyl (C=O) groups excluding carboxylic acids is 1. The molecule has 0 amide bonds. The van der Waals surface area contributed by atoms with Crippen molar-refractivity contribution >= 4 is 17.5 Å². The minimum absolute atomic E-state index is 0.210. The SMILES string of the molecule is O=C(CSc1ccc(F)cc1)Cc1ccc2c(c1)CCC2. The Morgan fingerprint density at radius 3 is 2.62 bits per heavy atom. The predicted octanol–water partition coefficient (Wildman–Crippen LogP) is 4.22. The van der Waals surface area contributed by atoms with Gasteiger partial charge in [-0.25, -0.2) is 4.39 Å². The highest BCUT2D eigenvalue weighted by Gasteiger charge is 2.12. The molecule has 0 heterocycles. The summed E-state index contributed by atoms with van der Waals surface area (Å²) >= 11 is 1.47. The molecule has 2 aromatic rings. The molecule has 0 aliphatic heterocycles. The first kappa shape index (κ1) is 14.3. The summed E-state index contributed by atoms with van der Waals surface area (Å²) in [5, 5.41) is 0. The summed E-state index contributed by atoms with van der Waals surface area (Å²) in [6.45, 7) is 0. The van der Waals surface area contributed by atoms with E-state index in [1.807, 2.05) is 0 Å². The number of Topliss-reactive ketones (excluding diaryl/α,β-unsaturated/α-hetero) is 1. The zero-order valence-electron chi connectivity index (χ0n) is 11.8. The lowest BCUT2D eigenvalue weighted by atomic mass is 10.0. The van der Waals surface area contributed by atoms with Gasteiger partial charge >= 0.3 is 0 Å². The third-order valence-corrected chi connectivity index (χ3v) is 4.85. The van der Waals surface area contributed by atoms with Gasteiger partial charge in [0.25, 0.3) is 0 Å². The number of benzene rings is 2. The van der Waals surface area contributed by atoms with Crippen LogP contribution in [0.5, 0.6) is 0 Å². The Labute approximate surface area is 128 Å². The van der Waals surface area contributed by atoms with Crippen LogP contribution in [0.4, 0.5) is 4.39 Å². The van der Waals surface area contributed by atoms with Crippen LogP contribution in [-0.2, 0) is 24.1 Å². The van der Waals surface area contributed by atoms with Crippen molar-refractivity contribution in [2.45, 2.75) is 30.6 Å². The van der Waals surface area contributed by atoms with Crippen LogP contribution in [0.1, 0.15) is 23.1 Å². The molecule has 0 saturated carbocycles. The van der Waals surface area contributed by atoms with Gasteiger partial charge in [-0.05, 0) is 60.2 Å². The summed E-state index contributed by atoms with van der Waals surface area (Å²) in [6, 6.07) is 12.7. The van der Waals surface area contributed by atoms with E-state index in [9.17, 15) is 9.18 Å². The quantitative estimate of drug-likeness (QED) is 0.769. The molecule has 1 aliphatic rings. The van der Waals surface area contributed by atoms with Crippen molar-refractivity contribution in [3.8, 4) is 0 Å².